The summed E-state index contributed by atoms with van der Waals surface area (Å²) in [4.78, 5) is 2.32. The van der Waals surface area contributed by atoms with Crippen molar-refractivity contribution < 1.29 is 22.6 Å². The van der Waals surface area contributed by atoms with Gasteiger partial charge in [0.15, 0.2) is 0 Å². The van der Waals surface area contributed by atoms with Crippen LogP contribution < -0.4 is 10.1 Å². The molecule has 3 heterocycles. The van der Waals surface area contributed by atoms with Crippen molar-refractivity contribution in [2.24, 2.45) is 0 Å². The Bertz CT molecular complexity index is 1210. The molecule has 34 heavy (non-hydrogen) atoms. The summed E-state index contributed by atoms with van der Waals surface area (Å²) in [7, 11) is 0. The van der Waals surface area contributed by atoms with Crippen LogP contribution in [0.5, 0.6) is 5.75 Å². The van der Waals surface area contributed by atoms with Crippen molar-refractivity contribution in [2.75, 3.05) is 31.6 Å². The molecule has 2 aromatic carbocycles. The molecule has 1 saturated carbocycles. The summed E-state index contributed by atoms with van der Waals surface area (Å²) in [5.74, 6) is 0.283. The van der Waals surface area contributed by atoms with Crippen LogP contribution in [0.3, 0.4) is 0 Å². The van der Waals surface area contributed by atoms with Gasteiger partial charge in [-0.3, -0.25) is 9.58 Å². The van der Waals surface area contributed by atoms with E-state index in [1.807, 2.05) is 29.8 Å². The number of fused-ring (bicyclic) bond motifs is 2. The van der Waals surface area contributed by atoms with Crippen molar-refractivity contribution >= 4 is 16.6 Å². The molecule has 0 bridgehead atoms. The summed E-state index contributed by atoms with van der Waals surface area (Å²) in [6, 6.07) is 9.96. The van der Waals surface area contributed by atoms with E-state index >= 15 is 0 Å². The first kappa shape index (κ1) is 21.7. The molecule has 1 aromatic heterocycles. The fourth-order valence-corrected chi connectivity index (χ4v) is 5.09. The Morgan fingerprint density at radius 3 is 2.76 bits per heavy atom. The molecule has 3 aliphatic rings. The van der Waals surface area contributed by atoms with Crippen molar-refractivity contribution in [1.29, 1.82) is 0 Å². The minimum atomic E-state index is -4.42. The second-order valence-corrected chi connectivity index (χ2v) is 9.51. The summed E-state index contributed by atoms with van der Waals surface area (Å²) >= 11 is 0. The van der Waals surface area contributed by atoms with Crippen LogP contribution in [0.2, 0.25) is 0 Å². The maximum atomic E-state index is 13.4. The molecule has 1 saturated heterocycles. The van der Waals surface area contributed by atoms with Gasteiger partial charge in [0.25, 0.3) is 0 Å². The number of hydrogen-bond acceptors (Lipinski definition) is 5. The predicted molar refractivity (Wildman–Crippen MR) is 122 cm³/mol. The fourth-order valence-electron chi connectivity index (χ4n) is 5.09. The highest BCUT2D eigenvalue weighted by Gasteiger charge is 2.39. The Balaban J connectivity index is 1.39. The van der Waals surface area contributed by atoms with Crippen LogP contribution in [0.1, 0.15) is 43.0 Å². The Morgan fingerprint density at radius 1 is 1.15 bits per heavy atom. The first-order chi connectivity index (χ1) is 16.4. The lowest BCUT2D eigenvalue weighted by Gasteiger charge is -2.44. The van der Waals surface area contributed by atoms with Crippen LogP contribution in [0.15, 0.2) is 42.6 Å². The van der Waals surface area contributed by atoms with E-state index in [1.165, 1.54) is 0 Å². The molecule has 6 nitrogen and oxygen atoms in total. The topological polar surface area (TPSA) is 51.5 Å². The molecular weight excluding hydrogens is 445 g/mol. The molecule has 2 aliphatic heterocycles. The monoisotopic (exact) mass is 472 g/mol. The summed E-state index contributed by atoms with van der Waals surface area (Å²) in [5, 5.41) is 9.42. The SMILES string of the molecule is C[C@@H]1CN([C@H]2COc3cc(C(F)(F)F)ccc3[C@@H]2Nc2cccc3nn(C4CC4)cc23)CCO1. The van der Waals surface area contributed by atoms with Crippen molar-refractivity contribution in [3.8, 4) is 5.75 Å². The van der Waals surface area contributed by atoms with Gasteiger partial charge in [0.1, 0.15) is 12.4 Å². The molecule has 6 rings (SSSR count). The average Bonchev–Trinajstić information content (AvgIpc) is 3.57. The zero-order valence-corrected chi connectivity index (χ0v) is 18.9. The highest BCUT2D eigenvalue weighted by Crippen LogP contribution is 2.42. The number of halogens is 3. The highest BCUT2D eigenvalue weighted by molar-refractivity contribution is 5.91. The lowest BCUT2D eigenvalue weighted by molar-refractivity contribution is -0.137. The number of rotatable bonds is 4. The molecular formula is C25H27F3N4O2. The number of benzene rings is 2. The Morgan fingerprint density at radius 2 is 2.00 bits per heavy atom. The second kappa shape index (κ2) is 8.16. The van der Waals surface area contributed by atoms with Crippen molar-refractivity contribution in [3.05, 3.63) is 53.7 Å². The second-order valence-electron chi connectivity index (χ2n) is 9.51. The third kappa shape index (κ3) is 4.01. The number of nitrogens with zero attached hydrogens (tertiary/aromatic N) is 3. The number of morpholine rings is 1. The number of ether oxygens (including phenoxy) is 2. The lowest BCUT2D eigenvalue weighted by atomic mass is 9.92. The lowest BCUT2D eigenvalue weighted by Crippen LogP contribution is -2.54. The fraction of sp³-hybridized carbons (Fsp3) is 0.480. The van der Waals surface area contributed by atoms with Gasteiger partial charge in [-0.05, 0) is 44.0 Å². The minimum absolute atomic E-state index is 0.0516. The van der Waals surface area contributed by atoms with E-state index in [9.17, 15) is 13.2 Å². The van der Waals surface area contributed by atoms with Crippen LogP contribution in [-0.2, 0) is 10.9 Å². The smallest absolute Gasteiger partial charge is 0.416 e. The quantitative estimate of drug-likeness (QED) is 0.578. The molecule has 0 unspecified atom stereocenters. The van der Waals surface area contributed by atoms with Gasteiger partial charge >= 0.3 is 6.18 Å². The number of nitrogens with one attached hydrogen (secondary N) is 1. The maximum absolute atomic E-state index is 13.4. The third-order valence-corrected chi connectivity index (χ3v) is 7.01. The zero-order valence-electron chi connectivity index (χ0n) is 18.9. The molecule has 180 valence electrons. The van der Waals surface area contributed by atoms with E-state index in [0.29, 0.717) is 19.3 Å². The van der Waals surface area contributed by atoms with Gasteiger partial charge < -0.3 is 14.8 Å². The minimum Gasteiger partial charge on any atom is -0.491 e. The number of aromatic nitrogens is 2. The average molecular weight is 473 g/mol. The van der Waals surface area contributed by atoms with Crippen molar-refractivity contribution in [3.63, 3.8) is 0 Å². The molecule has 0 amide bonds. The molecule has 0 radical (unpaired) electrons. The predicted octanol–water partition coefficient (Wildman–Crippen LogP) is 5.02. The summed E-state index contributed by atoms with van der Waals surface area (Å²) in [6.45, 7) is 4.45. The molecule has 2 fully saturated rings. The van der Waals surface area contributed by atoms with Gasteiger partial charge in [0.05, 0.1) is 41.9 Å². The van der Waals surface area contributed by atoms with Gasteiger partial charge in [-0.15, -0.1) is 0 Å². The zero-order chi connectivity index (χ0) is 23.4. The van der Waals surface area contributed by atoms with E-state index < -0.39 is 11.7 Å². The van der Waals surface area contributed by atoms with Crippen LogP contribution >= 0.6 is 0 Å². The number of alkyl halides is 3. The van der Waals surface area contributed by atoms with E-state index in [-0.39, 0.29) is 23.9 Å². The van der Waals surface area contributed by atoms with Crippen LogP contribution in [0.4, 0.5) is 18.9 Å². The molecule has 1 N–H and O–H groups in total. The summed E-state index contributed by atoms with van der Waals surface area (Å²) < 4.78 is 53.7. The van der Waals surface area contributed by atoms with Gasteiger partial charge in [-0.1, -0.05) is 12.1 Å². The number of hydrogen-bond donors (Lipinski definition) is 1. The highest BCUT2D eigenvalue weighted by atomic mass is 19.4. The molecule has 9 heteroatoms. The summed E-state index contributed by atoms with van der Waals surface area (Å²) in [5.41, 5.74) is 1.87. The van der Waals surface area contributed by atoms with Crippen LogP contribution in [0, 0.1) is 0 Å². The van der Waals surface area contributed by atoms with E-state index in [4.69, 9.17) is 14.6 Å². The summed E-state index contributed by atoms with van der Waals surface area (Å²) in [6.07, 6.45) is 0.0319. The standard InChI is InChI=1S/C25H27F3N4O2/c1-15-12-31(9-10-33-15)22-14-34-23-11-16(25(26,27)28)5-8-18(23)24(22)29-20-3-2-4-21-19(20)13-32(30-21)17-6-7-17/h2-5,8,11,13,15,17,22,24,29H,6-7,9-10,12,14H2,1H3/t15-,22+,24+/m1/s1. The van der Waals surface area contributed by atoms with Gasteiger partial charge in [-0.25, -0.2) is 0 Å². The Labute approximate surface area is 195 Å². The van der Waals surface area contributed by atoms with Gasteiger partial charge in [0, 0.05) is 35.9 Å². The van der Waals surface area contributed by atoms with E-state index in [1.54, 1.807) is 6.07 Å². The number of anilines is 1. The Kier molecular flexibility index (Phi) is 5.22. The largest absolute Gasteiger partial charge is 0.491 e. The van der Waals surface area contributed by atoms with Crippen LogP contribution in [-0.4, -0.2) is 53.1 Å². The molecule has 3 atom stereocenters. The van der Waals surface area contributed by atoms with E-state index in [2.05, 4.69) is 16.4 Å². The van der Waals surface area contributed by atoms with Gasteiger partial charge in [0.2, 0.25) is 0 Å². The normalized spacial score (nSPS) is 25.7. The van der Waals surface area contributed by atoms with Crippen molar-refractivity contribution in [1.82, 2.24) is 14.7 Å². The van der Waals surface area contributed by atoms with Crippen LogP contribution in [0.25, 0.3) is 10.9 Å². The molecule has 0 spiro atoms. The first-order valence-corrected chi connectivity index (χ1v) is 11.8. The molecule has 1 aliphatic carbocycles. The van der Waals surface area contributed by atoms with Crippen molar-refractivity contribution in [2.45, 2.75) is 50.2 Å². The van der Waals surface area contributed by atoms with E-state index in [0.717, 1.165) is 60.2 Å². The third-order valence-electron chi connectivity index (χ3n) is 7.01. The first-order valence-electron chi connectivity index (χ1n) is 11.8. The Hall–Kier alpha value is -2.78. The maximum Gasteiger partial charge on any atom is 0.416 e. The van der Waals surface area contributed by atoms with Gasteiger partial charge in [-0.2, -0.15) is 18.3 Å². The molecule has 3 aromatic rings.